The van der Waals surface area contributed by atoms with E-state index in [9.17, 15) is 13.6 Å². The van der Waals surface area contributed by atoms with Crippen molar-refractivity contribution in [2.75, 3.05) is 0 Å². The van der Waals surface area contributed by atoms with Crippen LogP contribution in [0.5, 0.6) is 0 Å². The van der Waals surface area contributed by atoms with E-state index >= 15 is 0 Å². The second kappa shape index (κ2) is 4.34. The normalized spacial score (nSPS) is 9.67. The fraction of sp³-hybridized carbons (Fsp3) is 0.222. The molecule has 0 fully saturated rings. The van der Waals surface area contributed by atoms with Crippen LogP contribution in [-0.4, -0.2) is 4.98 Å². The van der Waals surface area contributed by atoms with Crippen LogP contribution in [0, 0.1) is 22.7 Å². The Morgan fingerprint density at radius 3 is 2.60 bits per heavy atom. The molecular formula is C9H5F2N3O. The molecule has 0 aliphatic rings. The van der Waals surface area contributed by atoms with Crippen LogP contribution in [0.15, 0.2) is 11.0 Å². The van der Waals surface area contributed by atoms with Crippen LogP contribution < -0.4 is 5.56 Å². The molecule has 4 nitrogen and oxygen atoms in total. The molecule has 0 spiro atoms. The quantitative estimate of drug-likeness (QED) is 0.795. The Morgan fingerprint density at radius 1 is 1.47 bits per heavy atom. The van der Waals surface area contributed by atoms with Gasteiger partial charge in [0.15, 0.2) is 0 Å². The second-order valence-corrected chi connectivity index (χ2v) is 2.67. The second-order valence-electron chi connectivity index (χ2n) is 2.67. The first kappa shape index (κ1) is 10.9. The van der Waals surface area contributed by atoms with Crippen molar-refractivity contribution in [3.63, 3.8) is 0 Å². The lowest BCUT2D eigenvalue weighted by atomic mass is 10.0. The number of aromatic amines is 1. The van der Waals surface area contributed by atoms with Crippen LogP contribution in [0.1, 0.15) is 23.1 Å². The number of aromatic nitrogens is 1. The summed E-state index contributed by atoms with van der Waals surface area (Å²) in [6.07, 6.45) is -2.42. The average molecular weight is 209 g/mol. The van der Waals surface area contributed by atoms with Crippen molar-refractivity contribution < 1.29 is 8.78 Å². The van der Waals surface area contributed by atoms with E-state index in [0.29, 0.717) is 0 Å². The maximum Gasteiger partial charge on any atom is 0.266 e. The van der Waals surface area contributed by atoms with E-state index in [0.717, 1.165) is 6.20 Å². The Hall–Kier alpha value is -2.21. The lowest BCUT2D eigenvalue weighted by molar-refractivity contribution is 0.150. The van der Waals surface area contributed by atoms with E-state index in [1.807, 2.05) is 0 Å². The van der Waals surface area contributed by atoms with Gasteiger partial charge in [0, 0.05) is 11.8 Å². The van der Waals surface area contributed by atoms with Crippen molar-refractivity contribution in [3.8, 4) is 12.1 Å². The maximum absolute atomic E-state index is 12.4. The maximum atomic E-state index is 12.4. The first-order valence-corrected chi connectivity index (χ1v) is 3.91. The third kappa shape index (κ3) is 2.00. The monoisotopic (exact) mass is 209 g/mol. The molecule has 0 aliphatic heterocycles. The molecule has 1 heterocycles. The van der Waals surface area contributed by atoms with Crippen LogP contribution in [0.2, 0.25) is 0 Å². The predicted octanol–water partition coefficient (Wildman–Crippen LogP) is 1.25. The number of alkyl halides is 2. The topological polar surface area (TPSA) is 80.4 Å². The third-order valence-electron chi connectivity index (χ3n) is 1.83. The standard InChI is InChI=1S/C9H5F2N3O/c10-8(11)7-4-14-9(15)5(1-2-12)6(7)3-13/h4,8H,1H2,(H,14,15). The molecule has 0 amide bonds. The Labute approximate surface area is 83.4 Å². The molecule has 1 rings (SSSR count). The van der Waals surface area contributed by atoms with E-state index in [1.54, 1.807) is 6.07 Å². The number of nitrogens with zero attached hydrogens (tertiary/aromatic N) is 2. The van der Waals surface area contributed by atoms with Gasteiger partial charge in [0.05, 0.1) is 23.6 Å². The number of hydrogen-bond acceptors (Lipinski definition) is 3. The van der Waals surface area contributed by atoms with Gasteiger partial charge >= 0.3 is 0 Å². The molecule has 15 heavy (non-hydrogen) atoms. The molecule has 1 aromatic rings. The van der Waals surface area contributed by atoms with Gasteiger partial charge < -0.3 is 4.98 Å². The highest BCUT2D eigenvalue weighted by Crippen LogP contribution is 2.22. The van der Waals surface area contributed by atoms with E-state index < -0.39 is 23.1 Å². The molecule has 0 unspecified atom stereocenters. The Morgan fingerprint density at radius 2 is 2.13 bits per heavy atom. The van der Waals surface area contributed by atoms with Crippen molar-refractivity contribution >= 4 is 0 Å². The minimum atomic E-state index is -2.85. The minimum absolute atomic E-state index is 0.210. The lowest BCUT2D eigenvalue weighted by Gasteiger charge is -2.04. The van der Waals surface area contributed by atoms with E-state index in [1.165, 1.54) is 6.07 Å². The largest absolute Gasteiger partial charge is 0.328 e. The van der Waals surface area contributed by atoms with Crippen molar-refractivity contribution in [3.05, 3.63) is 33.2 Å². The van der Waals surface area contributed by atoms with E-state index in [4.69, 9.17) is 10.5 Å². The summed E-state index contributed by atoms with van der Waals surface area (Å²) in [5, 5.41) is 17.0. The number of hydrogen-bond donors (Lipinski definition) is 1. The molecule has 1 N–H and O–H groups in total. The minimum Gasteiger partial charge on any atom is -0.328 e. The summed E-state index contributed by atoms with van der Waals surface area (Å²) >= 11 is 0. The van der Waals surface area contributed by atoms with Crippen LogP contribution in [0.4, 0.5) is 8.78 Å². The molecule has 0 radical (unpaired) electrons. The van der Waals surface area contributed by atoms with Crippen molar-refractivity contribution in [2.45, 2.75) is 12.8 Å². The molecular weight excluding hydrogens is 204 g/mol. The van der Waals surface area contributed by atoms with E-state index in [2.05, 4.69) is 4.98 Å². The zero-order valence-corrected chi connectivity index (χ0v) is 7.42. The third-order valence-corrected chi connectivity index (χ3v) is 1.83. The van der Waals surface area contributed by atoms with Crippen molar-refractivity contribution in [1.29, 1.82) is 10.5 Å². The van der Waals surface area contributed by atoms with Gasteiger partial charge in [-0.25, -0.2) is 8.78 Å². The summed E-state index contributed by atoms with van der Waals surface area (Å²) in [7, 11) is 0. The van der Waals surface area contributed by atoms with Gasteiger partial charge in [-0.3, -0.25) is 4.79 Å². The van der Waals surface area contributed by atoms with Crippen LogP contribution in [-0.2, 0) is 6.42 Å². The van der Waals surface area contributed by atoms with Gasteiger partial charge in [-0.2, -0.15) is 10.5 Å². The number of nitrogens with one attached hydrogen (secondary N) is 1. The van der Waals surface area contributed by atoms with Gasteiger partial charge in [0.2, 0.25) is 0 Å². The highest BCUT2D eigenvalue weighted by Gasteiger charge is 2.18. The zero-order chi connectivity index (χ0) is 11.4. The molecule has 0 saturated carbocycles. The number of H-pyrrole nitrogens is 1. The van der Waals surface area contributed by atoms with E-state index in [-0.39, 0.29) is 12.0 Å². The summed E-state index contributed by atoms with van der Waals surface area (Å²) in [4.78, 5) is 13.2. The van der Waals surface area contributed by atoms with Gasteiger partial charge in [-0.15, -0.1) is 0 Å². The smallest absolute Gasteiger partial charge is 0.266 e. The Bertz CT molecular complexity index is 508. The molecule has 0 saturated heterocycles. The van der Waals surface area contributed by atoms with Gasteiger partial charge in [-0.05, 0) is 0 Å². The molecule has 0 atom stereocenters. The summed E-state index contributed by atoms with van der Waals surface area (Å²) in [6.45, 7) is 0. The highest BCUT2D eigenvalue weighted by atomic mass is 19.3. The van der Waals surface area contributed by atoms with Crippen molar-refractivity contribution in [1.82, 2.24) is 4.98 Å². The first-order chi connectivity index (χ1) is 7.11. The summed E-state index contributed by atoms with van der Waals surface area (Å²) in [5.74, 6) is 0. The Kier molecular flexibility index (Phi) is 3.14. The Balaban J connectivity index is 3.51. The van der Waals surface area contributed by atoms with Crippen LogP contribution in [0.25, 0.3) is 0 Å². The summed E-state index contributed by atoms with van der Waals surface area (Å²) in [5.41, 5.74) is -1.85. The lowest BCUT2D eigenvalue weighted by Crippen LogP contribution is -2.16. The number of pyridine rings is 1. The van der Waals surface area contributed by atoms with Crippen molar-refractivity contribution in [2.24, 2.45) is 0 Å². The SMILES string of the molecule is N#CCc1c(C#N)c(C(F)F)c[nH]c1=O. The van der Waals surface area contributed by atoms with Gasteiger partial charge in [0.1, 0.15) is 6.07 Å². The number of rotatable bonds is 2. The molecule has 6 heteroatoms. The predicted molar refractivity (Wildman–Crippen MR) is 46.1 cm³/mol. The fourth-order valence-corrected chi connectivity index (χ4v) is 1.14. The number of halogens is 2. The fourth-order valence-electron chi connectivity index (χ4n) is 1.14. The zero-order valence-electron chi connectivity index (χ0n) is 7.42. The highest BCUT2D eigenvalue weighted by molar-refractivity contribution is 5.43. The summed E-state index contributed by atoms with van der Waals surface area (Å²) < 4.78 is 24.8. The summed E-state index contributed by atoms with van der Waals surface area (Å²) in [6, 6.07) is 3.17. The van der Waals surface area contributed by atoms with Crippen LogP contribution in [0.3, 0.4) is 0 Å². The molecule has 76 valence electrons. The molecule has 1 aromatic heterocycles. The van der Waals surface area contributed by atoms with Crippen LogP contribution >= 0.6 is 0 Å². The number of nitriles is 2. The molecule has 0 bridgehead atoms. The first-order valence-electron chi connectivity index (χ1n) is 3.91. The molecule has 0 aliphatic carbocycles. The average Bonchev–Trinajstić information content (AvgIpc) is 2.20. The molecule has 0 aromatic carbocycles. The van der Waals surface area contributed by atoms with Gasteiger partial charge in [0.25, 0.3) is 12.0 Å². The van der Waals surface area contributed by atoms with Gasteiger partial charge in [-0.1, -0.05) is 0 Å².